The molecule has 0 aromatic rings. The van der Waals surface area contributed by atoms with Gasteiger partial charge >= 0.3 is 121 Å². The zero-order valence-corrected chi connectivity index (χ0v) is 15.3. The topological polar surface area (TPSA) is 0 Å². The molecule has 0 saturated carbocycles. The van der Waals surface area contributed by atoms with E-state index in [1.807, 2.05) is 0 Å². The third-order valence-electron chi connectivity index (χ3n) is 3.57. The van der Waals surface area contributed by atoms with Crippen LogP contribution in [0.25, 0.3) is 0 Å². The van der Waals surface area contributed by atoms with Crippen LogP contribution in [0, 0.1) is 0 Å². The molecule has 0 amide bonds. The summed E-state index contributed by atoms with van der Waals surface area (Å²) in [5.74, 6) is 1.19. The molecule has 0 spiro atoms. The minimum Gasteiger partial charge on any atom is -1.00 e. The van der Waals surface area contributed by atoms with Crippen LogP contribution in [0.5, 0.6) is 0 Å². The van der Waals surface area contributed by atoms with E-state index in [2.05, 4.69) is 76.4 Å². The SMILES string of the molecule is CCSC1(CC2=[C]([Ti+2])CC=C2)CC=CC=C1C.[Cl-].[Cl-]. The van der Waals surface area contributed by atoms with Gasteiger partial charge in [0.1, 0.15) is 0 Å². The van der Waals surface area contributed by atoms with Crippen LogP contribution < -0.4 is 24.8 Å². The predicted molar refractivity (Wildman–Crippen MR) is 73.8 cm³/mol. The van der Waals surface area contributed by atoms with E-state index in [1.165, 1.54) is 24.2 Å². The van der Waals surface area contributed by atoms with E-state index in [4.69, 9.17) is 0 Å². The number of hydrogen-bond acceptors (Lipinski definition) is 1. The second-order valence-electron chi connectivity index (χ2n) is 4.70. The fourth-order valence-corrected chi connectivity index (χ4v) is 4.29. The van der Waals surface area contributed by atoms with Gasteiger partial charge < -0.3 is 24.8 Å². The Kier molecular flexibility index (Phi) is 9.07. The molecule has 0 nitrogen and oxygen atoms in total. The van der Waals surface area contributed by atoms with Crippen LogP contribution in [0.2, 0.25) is 0 Å². The smallest absolute Gasteiger partial charge is 1.00 e. The molecule has 0 saturated heterocycles. The minimum atomic E-state index is 0. The van der Waals surface area contributed by atoms with E-state index in [-0.39, 0.29) is 24.8 Å². The van der Waals surface area contributed by atoms with Crippen molar-refractivity contribution in [1.29, 1.82) is 0 Å². The Morgan fingerprint density at radius 2 is 2.05 bits per heavy atom. The monoisotopic (exact) mass is 349 g/mol. The van der Waals surface area contributed by atoms with E-state index < -0.39 is 0 Å². The molecule has 1 atom stereocenters. The summed E-state index contributed by atoms with van der Waals surface area (Å²) in [6, 6.07) is 0. The van der Waals surface area contributed by atoms with Gasteiger partial charge in [-0.3, -0.25) is 0 Å². The van der Waals surface area contributed by atoms with Gasteiger partial charge in [-0.15, -0.1) is 0 Å². The maximum absolute atomic E-state index is 2.33. The molecule has 2 rings (SSSR count). The summed E-state index contributed by atoms with van der Waals surface area (Å²) < 4.78 is 1.87. The molecule has 103 valence electrons. The number of allylic oxidation sites excluding steroid dienone is 7. The Hall–Kier alpha value is 0.604. The van der Waals surface area contributed by atoms with E-state index >= 15 is 0 Å². The maximum Gasteiger partial charge on any atom is -1.00 e. The van der Waals surface area contributed by atoms with Gasteiger partial charge in [0.2, 0.25) is 0 Å². The third-order valence-corrected chi connectivity index (χ3v) is 5.87. The molecule has 0 fully saturated rings. The van der Waals surface area contributed by atoms with E-state index in [1.54, 1.807) is 9.45 Å². The van der Waals surface area contributed by atoms with E-state index in [0.717, 1.165) is 6.42 Å². The van der Waals surface area contributed by atoms with Crippen LogP contribution in [0.15, 0.2) is 45.4 Å². The molecule has 2 aliphatic carbocycles. The van der Waals surface area contributed by atoms with E-state index in [9.17, 15) is 0 Å². The summed E-state index contributed by atoms with van der Waals surface area (Å²) in [6.07, 6.45) is 15.0. The summed E-state index contributed by atoms with van der Waals surface area (Å²) in [7, 11) is 0. The fraction of sp³-hybridized carbons (Fsp3) is 0.467. The zero-order chi connectivity index (χ0) is 12.3. The van der Waals surface area contributed by atoms with Crippen LogP contribution in [0.1, 0.15) is 33.1 Å². The van der Waals surface area contributed by atoms with Crippen molar-refractivity contribution in [2.75, 3.05) is 5.75 Å². The van der Waals surface area contributed by atoms with Crippen molar-refractivity contribution >= 4 is 11.8 Å². The predicted octanol–water partition coefficient (Wildman–Crippen LogP) is -1.46. The molecule has 0 bridgehead atoms. The van der Waals surface area contributed by atoms with Crippen molar-refractivity contribution in [2.45, 2.75) is 37.9 Å². The number of thioether (sulfide) groups is 1. The molecule has 1 unspecified atom stereocenters. The molecule has 0 N–H and O–H groups in total. The molecular formula is C15H19Cl2STi. The van der Waals surface area contributed by atoms with Crippen molar-refractivity contribution in [2.24, 2.45) is 0 Å². The molecule has 0 heterocycles. The van der Waals surface area contributed by atoms with Gasteiger partial charge in [-0.05, 0) is 0 Å². The summed E-state index contributed by atoms with van der Waals surface area (Å²) in [4.78, 5) is 0. The van der Waals surface area contributed by atoms with Crippen LogP contribution in [-0.2, 0) is 20.4 Å². The Balaban J connectivity index is 0.00000162. The van der Waals surface area contributed by atoms with Gasteiger partial charge in [0.15, 0.2) is 0 Å². The average molecular weight is 350 g/mol. The average Bonchev–Trinajstić information content (AvgIpc) is 2.69. The zero-order valence-electron chi connectivity index (χ0n) is 11.4. The second kappa shape index (κ2) is 8.79. The first-order valence-electron chi connectivity index (χ1n) is 6.26. The van der Waals surface area contributed by atoms with Gasteiger partial charge in [0.05, 0.1) is 0 Å². The van der Waals surface area contributed by atoms with Crippen LogP contribution in [-0.4, -0.2) is 10.5 Å². The standard InChI is InChI=1S/C15H19S.2ClH.Ti/c1-3-16-15(11-7-6-8-13(15)2)12-14-9-4-5-10-14;;;/h4,6-9H,3,5,11-12H2,1-2H3;2*1H;/q;;;+2/p-2. The Labute approximate surface area is 145 Å². The van der Waals surface area contributed by atoms with Crippen LogP contribution in [0.4, 0.5) is 0 Å². The van der Waals surface area contributed by atoms with Gasteiger partial charge in [0.25, 0.3) is 0 Å². The normalized spacial score (nSPS) is 24.9. The molecule has 0 aromatic carbocycles. The quantitative estimate of drug-likeness (QED) is 0.559. The van der Waals surface area contributed by atoms with Crippen molar-refractivity contribution < 1.29 is 45.2 Å². The Bertz CT molecular complexity index is 424. The van der Waals surface area contributed by atoms with Gasteiger partial charge in [-0.2, -0.15) is 0 Å². The summed E-state index contributed by atoms with van der Waals surface area (Å²) in [5, 5.41) is 0. The van der Waals surface area contributed by atoms with Crippen molar-refractivity contribution in [3.05, 3.63) is 45.4 Å². The van der Waals surface area contributed by atoms with Crippen molar-refractivity contribution in [3.8, 4) is 0 Å². The summed E-state index contributed by atoms with van der Waals surface area (Å²) >= 11 is 4.38. The minimum absolute atomic E-state index is 0. The van der Waals surface area contributed by atoms with Crippen molar-refractivity contribution in [3.63, 3.8) is 0 Å². The molecule has 19 heavy (non-hydrogen) atoms. The van der Waals surface area contributed by atoms with Crippen molar-refractivity contribution in [1.82, 2.24) is 0 Å². The first-order chi connectivity index (χ1) is 8.18. The second-order valence-corrected chi connectivity index (χ2v) is 7.29. The summed E-state index contributed by atoms with van der Waals surface area (Å²) in [5.41, 5.74) is 3.10. The third kappa shape index (κ3) is 4.54. The molecular weight excluding hydrogens is 331 g/mol. The Morgan fingerprint density at radius 1 is 1.32 bits per heavy atom. The number of rotatable bonds is 4. The number of halogens is 2. The largest absolute Gasteiger partial charge is 1.00 e. The Morgan fingerprint density at radius 3 is 2.58 bits per heavy atom. The first-order valence-corrected chi connectivity index (χ1v) is 8.02. The van der Waals surface area contributed by atoms with Crippen LogP contribution >= 0.6 is 11.8 Å². The van der Waals surface area contributed by atoms with Gasteiger partial charge in [-0.1, -0.05) is 0 Å². The summed E-state index contributed by atoms with van der Waals surface area (Å²) in [6.45, 7) is 4.56. The molecule has 0 aliphatic heterocycles. The molecule has 0 aromatic heterocycles. The number of hydrogen-bond donors (Lipinski definition) is 0. The van der Waals surface area contributed by atoms with Crippen LogP contribution in [0.3, 0.4) is 0 Å². The van der Waals surface area contributed by atoms with E-state index in [0.29, 0.717) is 4.75 Å². The molecule has 2 aliphatic rings. The molecule has 0 radical (unpaired) electrons. The first kappa shape index (κ1) is 19.6. The maximum atomic E-state index is 2.33. The fourth-order valence-electron chi connectivity index (χ4n) is 2.52. The van der Waals surface area contributed by atoms with Gasteiger partial charge in [0, 0.05) is 0 Å². The van der Waals surface area contributed by atoms with Gasteiger partial charge in [-0.25, -0.2) is 0 Å². The molecule has 4 heteroatoms.